The van der Waals surface area contributed by atoms with Crippen LogP contribution in [-0.2, 0) is 16.0 Å². The maximum atomic E-state index is 5.83. The highest BCUT2D eigenvalue weighted by atomic mass is 32.2. The summed E-state index contributed by atoms with van der Waals surface area (Å²) in [5, 5.41) is 0. The zero-order valence-corrected chi connectivity index (χ0v) is 13.2. The fourth-order valence-corrected chi connectivity index (χ4v) is 2.63. The largest absolute Gasteiger partial charge is 0.491 e. The predicted octanol–water partition coefficient (Wildman–Crippen LogP) is 2.69. The van der Waals surface area contributed by atoms with Crippen LogP contribution >= 0.6 is 11.8 Å². The van der Waals surface area contributed by atoms with Crippen molar-refractivity contribution in [2.24, 2.45) is 5.73 Å². The SMILES string of the molecule is CCSc1cccc(OCCOCCCOC)c1CN. The Hall–Kier alpha value is -0.750. The molecule has 1 rings (SSSR count). The van der Waals surface area contributed by atoms with E-state index in [2.05, 4.69) is 13.0 Å². The quantitative estimate of drug-likeness (QED) is 0.503. The minimum absolute atomic E-state index is 0.493. The Balaban J connectivity index is 2.37. The van der Waals surface area contributed by atoms with Gasteiger partial charge in [-0.15, -0.1) is 11.8 Å². The van der Waals surface area contributed by atoms with Crippen molar-refractivity contribution in [3.05, 3.63) is 23.8 Å². The molecule has 2 N–H and O–H groups in total. The third-order valence-corrected chi connectivity index (χ3v) is 3.70. The van der Waals surface area contributed by atoms with E-state index in [9.17, 15) is 0 Å². The second-order valence-corrected chi connectivity index (χ2v) is 5.48. The molecule has 20 heavy (non-hydrogen) atoms. The average Bonchev–Trinajstić information content (AvgIpc) is 2.47. The summed E-state index contributed by atoms with van der Waals surface area (Å²) < 4.78 is 16.2. The van der Waals surface area contributed by atoms with Crippen molar-refractivity contribution in [2.45, 2.75) is 24.8 Å². The van der Waals surface area contributed by atoms with E-state index >= 15 is 0 Å². The molecule has 0 spiro atoms. The lowest BCUT2D eigenvalue weighted by atomic mass is 10.2. The van der Waals surface area contributed by atoms with Crippen molar-refractivity contribution in [1.29, 1.82) is 0 Å². The van der Waals surface area contributed by atoms with Crippen LogP contribution in [0, 0.1) is 0 Å². The topological polar surface area (TPSA) is 53.7 Å². The maximum Gasteiger partial charge on any atom is 0.125 e. The fraction of sp³-hybridized carbons (Fsp3) is 0.600. The van der Waals surface area contributed by atoms with Gasteiger partial charge in [-0.05, 0) is 24.3 Å². The number of benzene rings is 1. The van der Waals surface area contributed by atoms with Gasteiger partial charge in [-0.3, -0.25) is 0 Å². The van der Waals surface area contributed by atoms with Crippen molar-refractivity contribution in [3.8, 4) is 5.75 Å². The highest BCUT2D eigenvalue weighted by molar-refractivity contribution is 7.99. The Kier molecular flexibility index (Phi) is 9.49. The lowest BCUT2D eigenvalue weighted by Crippen LogP contribution is -2.11. The summed E-state index contributed by atoms with van der Waals surface area (Å²) in [5.74, 6) is 1.89. The van der Waals surface area contributed by atoms with Gasteiger partial charge < -0.3 is 19.9 Å². The highest BCUT2D eigenvalue weighted by Gasteiger charge is 2.07. The minimum Gasteiger partial charge on any atom is -0.491 e. The molecular formula is C15H25NO3S. The van der Waals surface area contributed by atoms with Crippen LogP contribution in [0.25, 0.3) is 0 Å². The summed E-state index contributed by atoms with van der Waals surface area (Å²) in [4.78, 5) is 1.20. The molecule has 0 aliphatic carbocycles. The molecule has 0 aromatic heterocycles. The fourth-order valence-electron chi connectivity index (χ4n) is 1.79. The number of thioether (sulfide) groups is 1. The minimum atomic E-state index is 0.493. The van der Waals surface area contributed by atoms with E-state index in [0.717, 1.165) is 30.1 Å². The molecule has 1 aromatic carbocycles. The molecule has 0 bridgehead atoms. The monoisotopic (exact) mass is 299 g/mol. The van der Waals surface area contributed by atoms with Crippen LogP contribution in [0.4, 0.5) is 0 Å². The van der Waals surface area contributed by atoms with Gasteiger partial charge in [0.25, 0.3) is 0 Å². The van der Waals surface area contributed by atoms with E-state index in [1.54, 1.807) is 18.9 Å². The first-order chi connectivity index (χ1) is 9.83. The van der Waals surface area contributed by atoms with Crippen LogP contribution in [-0.4, -0.2) is 39.3 Å². The predicted molar refractivity (Wildman–Crippen MR) is 83.5 cm³/mol. The van der Waals surface area contributed by atoms with Gasteiger partial charge in [0.1, 0.15) is 12.4 Å². The summed E-state index contributed by atoms with van der Waals surface area (Å²) in [5.41, 5.74) is 6.91. The highest BCUT2D eigenvalue weighted by Crippen LogP contribution is 2.29. The van der Waals surface area contributed by atoms with Gasteiger partial charge in [0.05, 0.1) is 6.61 Å². The molecule has 0 heterocycles. The summed E-state index contributed by atoms with van der Waals surface area (Å²) in [6, 6.07) is 6.06. The summed E-state index contributed by atoms with van der Waals surface area (Å²) in [6.07, 6.45) is 0.910. The first kappa shape index (κ1) is 17.3. The molecule has 5 heteroatoms. The Morgan fingerprint density at radius 2 is 2.00 bits per heavy atom. The second kappa shape index (κ2) is 11.0. The number of hydrogen-bond acceptors (Lipinski definition) is 5. The van der Waals surface area contributed by atoms with E-state index in [4.69, 9.17) is 19.9 Å². The molecule has 114 valence electrons. The van der Waals surface area contributed by atoms with Gasteiger partial charge in [0.2, 0.25) is 0 Å². The number of ether oxygens (including phenoxy) is 3. The van der Waals surface area contributed by atoms with Crippen LogP contribution in [0.2, 0.25) is 0 Å². The summed E-state index contributed by atoms with van der Waals surface area (Å²) >= 11 is 1.79. The van der Waals surface area contributed by atoms with Gasteiger partial charge in [0.15, 0.2) is 0 Å². The van der Waals surface area contributed by atoms with E-state index in [1.165, 1.54) is 4.90 Å². The third-order valence-electron chi connectivity index (χ3n) is 2.72. The molecule has 1 aromatic rings. The lowest BCUT2D eigenvalue weighted by Gasteiger charge is -2.14. The Morgan fingerprint density at radius 3 is 2.70 bits per heavy atom. The van der Waals surface area contributed by atoms with Gasteiger partial charge in [-0.25, -0.2) is 0 Å². The van der Waals surface area contributed by atoms with Crippen molar-refractivity contribution in [3.63, 3.8) is 0 Å². The van der Waals surface area contributed by atoms with Crippen molar-refractivity contribution in [1.82, 2.24) is 0 Å². The normalized spacial score (nSPS) is 10.8. The Labute approximate surface area is 126 Å². The summed E-state index contributed by atoms with van der Waals surface area (Å²) in [7, 11) is 1.69. The molecule has 0 amide bonds. The number of nitrogens with two attached hydrogens (primary N) is 1. The molecule has 0 aliphatic rings. The van der Waals surface area contributed by atoms with E-state index in [1.807, 2.05) is 12.1 Å². The standard InChI is InChI=1S/C15H25NO3S/c1-3-20-15-7-4-6-14(13(15)12-16)19-11-10-18-9-5-8-17-2/h4,6-7H,3,5,8-12,16H2,1-2H3. The maximum absolute atomic E-state index is 5.83. The van der Waals surface area contributed by atoms with Crippen molar-refractivity contribution >= 4 is 11.8 Å². The van der Waals surface area contributed by atoms with Gasteiger partial charge >= 0.3 is 0 Å². The smallest absolute Gasteiger partial charge is 0.125 e. The first-order valence-corrected chi connectivity index (χ1v) is 7.96. The molecule has 4 nitrogen and oxygen atoms in total. The number of methoxy groups -OCH3 is 1. The average molecular weight is 299 g/mol. The van der Waals surface area contributed by atoms with Gasteiger partial charge in [0, 0.05) is 37.3 Å². The molecule has 0 aliphatic heterocycles. The van der Waals surface area contributed by atoms with E-state index in [0.29, 0.717) is 26.4 Å². The van der Waals surface area contributed by atoms with Crippen LogP contribution in [0.3, 0.4) is 0 Å². The molecule has 0 saturated heterocycles. The van der Waals surface area contributed by atoms with Crippen LogP contribution in [0.1, 0.15) is 18.9 Å². The molecule has 0 saturated carbocycles. The first-order valence-electron chi connectivity index (χ1n) is 6.97. The lowest BCUT2D eigenvalue weighted by molar-refractivity contribution is 0.0803. The number of rotatable bonds is 11. The van der Waals surface area contributed by atoms with Gasteiger partial charge in [-0.1, -0.05) is 13.0 Å². The molecule has 0 unspecified atom stereocenters. The molecular weight excluding hydrogens is 274 g/mol. The molecule has 0 atom stereocenters. The van der Waals surface area contributed by atoms with Crippen LogP contribution < -0.4 is 10.5 Å². The van der Waals surface area contributed by atoms with E-state index < -0.39 is 0 Å². The summed E-state index contributed by atoms with van der Waals surface area (Å²) in [6.45, 7) is 5.18. The van der Waals surface area contributed by atoms with Crippen LogP contribution in [0.5, 0.6) is 5.75 Å². The Morgan fingerprint density at radius 1 is 1.15 bits per heavy atom. The van der Waals surface area contributed by atoms with Crippen molar-refractivity contribution in [2.75, 3.05) is 39.3 Å². The molecule has 0 radical (unpaired) electrons. The third kappa shape index (κ3) is 6.13. The second-order valence-electron chi connectivity index (χ2n) is 4.18. The Bertz CT molecular complexity index is 374. The number of hydrogen-bond donors (Lipinski definition) is 1. The van der Waals surface area contributed by atoms with Crippen molar-refractivity contribution < 1.29 is 14.2 Å². The molecule has 0 fully saturated rings. The van der Waals surface area contributed by atoms with Gasteiger partial charge in [-0.2, -0.15) is 0 Å². The van der Waals surface area contributed by atoms with E-state index in [-0.39, 0.29) is 0 Å². The zero-order valence-electron chi connectivity index (χ0n) is 12.4. The van der Waals surface area contributed by atoms with Crippen LogP contribution in [0.15, 0.2) is 23.1 Å². The zero-order chi connectivity index (χ0) is 14.6.